The molecule has 0 aliphatic carbocycles. The molecular formula is C47H44Cl2N8O4. The first-order valence-electron chi connectivity index (χ1n) is 20.5. The fourth-order valence-corrected chi connectivity index (χ4v) is 9.38. The molecule has 12 nitrogen and oxygen atoms in total. The summed E-state index contributed by atoms with van der Waals surface area (Å²) in [4.78, 5) is 69.6. The van der Waals surface area contributed by atoms with Crippen molar-refractivity contribution >= 4 is 78.6 Å². The lowest BCUT2D eigenvalue weighted by Crippen LogP contribution is -2.49. The Kier molecular flexibility index (Phi) is 10.5. The zero-order valence-electron chi connectivity index (χ0n) is 34.0. The van der Waals surface area contributed by atoms with Crippen molar-refractivity contribution in [2.45, 2.75) is 71.1 Å². The van der Waals surface area contributed by atoms with Crippen molar-refractivity contribution in [1.82, 2.24) is 39.7 Å². The number of amides is 2. The second-order valence-corrected chi connectivity index (χ2v) is 17.5. The number of carbonyl (C=O) groups excluding carboxylic acids is 2. The van der Waals surface area contributed by atoms with E-state index in [-0.39, 0.29) is 40.9 Å². The van der Waals surface area contributed by atoms with Gasteiger partial charge < -0.3 is 20.6 Å². The van der Waals surface area contributed by atoms with Crippen LogP contribution >= 0.6 is 23.2 Å². The van der Waals surface area contributed by atoms with E-state index in [1.807, 2.05) is 93.0 Å². The van der Waals surface area contributed by atoms with Gasteiger partial charge in [0.05, 0.1) is 38.9 Å². The average molecular weight is 856 g/mol. The third-order valence-corrected chi connectivity index (χ3v) is 12.3. The highest BCUT2D eigenvalue weighted by Gasteiger charge is 2.38. The maximum atomic E-state index is 13.7. The summed E-state index contributed by atoms with van der Waals surface area (Å²) in [5.74, 6) is 1.25. The molecule has 0 saturated heterocycles. The lowest BCUT2D eigenvalue weighted by atomic mass is 9.96. The Bertz CT molecular complexity index is 3150. The third-order valence-electron chi connectivity index (χ3n) is 11.8. The summed E-state index contributed by atoms with van der Waals surface area (Å²) in [6.07, 6.45) is 5.26. The topological polar surface area (TPSA) is 160 Å². The summed E-state index contributed by atoms with van der Waals surface area (Å²) in [5, 5.41) is 9.82. The molecule has 14 heteroatoms. The lowest BCUT2D eigenvalue weighted by Gasteiger charge is -2.34. The van der Waals surface area contributed by atoms with Gasteiger partial charge in [0.15, 0.2) is 0 Å². The zero-order valence-corrected chi connectivity index (χ0v) is 35.5. The first-order chi connectivity index (χ1) is 29.4. The van der Waals surface area contributed by atoms with Gasteiger partial charge in [0.1, 0.15) is 23.7 Å². The minimum absolute atomic E-state index is 0.118. The minimum Gasteiger partial charge on any atom is -0.361 e. The van der Waals surface area contributed by atoms with Gasteiger partial charge in [0.2, 0.25) is 11.8 Å². The molecule has 4 atom stereocenters. The quantitative estimate of drug-likeness (QED) is 0.126. The summed E-state index contributed by atoms with van der Waals surface area (Å²) in [6, 6.07) is 24.3. The van der Waals surface area contributed by atoms with Crippen LogP contribution in [0.2, 0.25) is 10.0 Å². The Hall–Kier alpha value is -6.24. The van der Waals surface area contributed by atoms with Gasteiger partial charge in [-0.1, -0.05) is 99.4 Å². The molecule has 0 fully saturated rings. The predicted molar refractivity (Wildman–Crippen MR) is 240 cm³/mol. The van der Waals surface area contributed by atoms with E-state index in [0.29, 0.717) is 68.7 Å². The molecule has 0 bridgehead atoms. The van der Waals surface area contributed by atoms with E-state index in [4.69, 9.17) is 33.2 Å². The highest BCUT2D eigenvalue weighted by Crippen LogP contribution is 2.34. The highest BCUT2D eigenvalue weighted by atomic mass is 35.5. The van der Waals surface area contributed by atoms with Gasteiger partial charge in [-0.15, -0.1) is 0 Å². The molecule has 0 saturated carbocycles. The molecule has 2 aliphatic heterocycles. The maximum Gasteiger partial charge on any atom is 0.262 e. The summed E-state index contributed by atoms with van der Waals surface area (Å²) in [7, 11) is 0. The standard InChI is InChI=1S/C24H22Cl2N4O2.C23H22N4O2/c1-12(2)7-19-22-29-21-16(9-14(25)10-17(21)26)24(32)30(22)20(23(31)28-19)8-13-11-27-18-6-4-3-5-15(13)18;1-13(2)20-21-25-18-10-6-4-8-16(18)23(29)27(21)19(22(28)26-20)11-14-12-24-17-9-5-3-7-15(14)17/h3-6,9-12,19-20,27H,7-8H2,1-2H3,(H,28,31);3-10,12-13,19-20,24H,11H2,1-2H3,(H,26,28)/t19-,20+;19-,20-/m01/s1. The van der Waals surface area contributed by atoms with Crippen molar-refractivity contribution in [3.05, 3.63) is 151 Å². The number of aromatic nitrogens is 6. The van der Waals surface area contributed by atoms with Crippen molar-refractivity contribution in [1.29, 1.82) is 0 Å². The van der Waals surface area contributed by atoms with Crippen LogP contribution in [0, 0.1) is 11.8 Å². The fourth-order valence-electron chi connectivity index (χ4n) is 8.84. The SMILES string of the molecule is CC(C)C[C@@H]1NC(=O)[C@@H](Cc2c[nH]c3ccccc23)n2c1nc1c(Cl)cc(Cl)cc1c2=O.CC(C)[C@H]1NC(=O)[C@@H](Cc2c[nH]c3ccccc23)n2c1nc1ccccc1c2=O. The van der Waals surface area contributed by atoms with Gasteiger partial charge in [-0.25, -0.2) is 9.97 Å². The molecule has 4 N–H and O–H groups in total. The molecule has 8 aromatic rings. The molecule has 0 unspecified atom stereocenters. The van der Waals surface area contributed by atoms with Gasteiger partial charge in [0.25, 0.3) is 11.1 Å². The number of benzene rings is 4. The van der Waals surface area contributed by atoms with Crippen LogP contribution < -0.4 is 21.8 Å². The van der Waals surface area contributed by atoms with Gasteiger partial charge in [-0.05, 0) is 65.8 Å². The first-order valence-corrected chi connectivity index (χ1v) is 21.3. The monoisotopic (exact) mass is 854 g/mol. The molecule has 2 aliphatic rings. The first kappa shape index (κ1) is 40.2. The molecule has 4 aromatic heterocycles. The van der Waals surface area contributed by atoms with Gasteiger partial charge in [-0.3, -0.25) is 28.3 Å². The Morgan fingerprint density at radius 2 is 1.18 bits per heavy atom. The summed E-state index contributed by atoms with van der Waals surface area (Å²) in [6.45, 7) is 8.19. The zero-order chi connectivity index (χ0) is 42.7. The molecule has 310 valence electrons. The Morgan fingerprint density at radius 3 is 1.79 bits per heavy atom. The van der Waals surface area contributed by atoms with E-state index in [0.717, 1.165) is 32.9 Å². The van der Waals surface area contributed by atoms with E-state index in [9.17, 15) is 19.2 Å². The number of nitrogens with zero attached hydrogens (tertiary/aromatic N) is 4. The molecule has 61 heavy (non-hydrogen) atoms. The van der Waals surface area contributed by atoms with Gasteiger partial charge in [0, 0.05) is 52.1 Å². The Morgan fingerprint density at radius 1 is 0.639 bits per heavy atom. The van der Waals surface area contributed by atoms with Crippen molar-refractivity contribution in [2.75, 3.05) is 0 Å². The van der Waals surface area contributed by atoms with Gasteiger partial charge >= 0.3 is 0 Å². The predicted octanol–water partition coefficient (Wildman–Crippen LogP) is 8.67. The molecule has 0 spiro atoms. The molecule has 0 radical (unpaired) electrons. The molecule has 6 heterocycles. The number of aromatic amines is 2. The number of hydrogen-bond acceptors (Lipinski definition) is 6. The number of H-pyrrole nitrogens is 2. The van der Waals surface area contributed by atoms with E-state index >= 15 is 0 Å². The second-order valence-electron chi connectivity index (χ2n) is 16.7. The molecule has 2 amide bonds. The number of halogens is 2. The van der Waals surface area contributed by atoms with Crippen molar-refractivity contribution in [3.8, 4) is 0 Å². The normalized spacial score (nSPS) is 18.6. The highest BCUT2D eigenvalue weighted by molar-refractivity contribution is 6.38. The van der Waals surface area contributed by atoms with Crippen molar-refractivity contribution in [3.63, 3.8) is 0 Å². The number of nitrogens with one attached hydrogen (secondary N) is 4. The number of fused-ring (bicyclic) bond motifs is 6. The number of carbonyl (C=O) groups is 2. The summed E-state index contributed by atoms with van der Waals surface area (Å²) < 4.78 is 3.16. The Balaban J connectivity index is 0.000000157. The molecule has 4 aromatic carbocycles. The largest absolute Gasteiger partial charge is 0.361 e. The molecular weight excluding hydrogens is 811 g/mol. The minimum atomic E-state index is -0.727. The Labute approximate surface area is 360 Å². The van der Waals surface area contributed by atoms with Crippen LogP contribution in [0.15, 0.2) is 107 Å². The fraction of sp³-hybridized carbons (Fsp3) is 0.277. The average Bonchev–Trinajstić information content (AvgIpc) is 3.84. The number of rotatable bonds is 7. The van der Waals surface area contributed by atoms with E-state index in [2.05, 4.69) is 34.4 Å². The van der Waals surface area contributed by atoms with Crippen LogP contribution in [0.4, 0.5) is 0 Å². The van der Waals surface area contributed by atoms with Crippen LogP contribution in [0.25, 0.3) is 43.6 Å². The van der Waals surface area contributed by atoms with Crippen LogP contribution in [0.1, 0.15) is 81.1 Å². The summed E-state index contributed by atoms with van der Waals surface area (Å²) >= 11 is 12.6. The third kappa shape index (κ3) is 7.27. The maximum absolute atomic E-state index is 13.7. The number of hydrogen-bond donors (Lipinski definition) is 4. The van der Waals surface area contributed by atoms with Gasteiger partial charge in [-0.2, -0.15) is 0 Å². The van der Waals surface area contributed by atoms with Crippen LogP contribution in [-0.4, -0.2) is 40.9 Å². The summed E-state index contributed by atoms with van der Waals surface area (Å²) in [5.41, 5.74) is 4.58. The van der Waals surface area contributed by atoms with Crippen LogP contribution in [0.5, 0.6) is 0 Å². The van der Waals surface area contributed by atoms with Crippen molar-refractivity contribution < 1.29 is 9.59 Å². The second kappa shape index (κ2) is 16.0. The number of para-hydroxylation sites is 3. The van der Waals surface area contributed by atoms with E-state index in [1.165, 1.54) is 0 Å². The van der Waals surface area contributed by atoms with E-state index < -0.39 is 12.1 Å². The van der Waals surface area contributed by atoms with E-state index in [1.54, 1.807) is 27.3 Å². The van der Waals surface area contributed by atoms with Crippen LogP contribution in [-0.2, 0) is 22.4 Å². The molecule has 10 rings (SSSR count). The van der Waals surface area contributed by atoms with Crippen molar-refractivity contribution in [2.24, 2.45) is 11.8 Å². The smallest absolute Gasteiger partial charge is 0.262 e. The lowest BCUT2D eigenvalue weighted by molar-refractivity contribution is -0.127. The van der Waals surface area contributed by atoms with Crippen LogP contribution in [0.3, 0.4) is 0 Å².